The highest BCUT2D eigenvalue weighted by atomic mass is 35.5. The molecule has 0 atom stereocenters. The first-order valence-corrected chi connectivity index (χ1v) is 8.79. The third kappa shape index (κ3) is 4.19. The van der Waals surface area contributed by atoms with Crippen LogP contribution in [0.2, 0.25) is 5.02 Å². The highest BCUT2D eigenvalue weighted by Gasteiger charge is 2.47. The van der Waals surface area contributed by atoms with Gasteiger partial charge in [0.2, 0.25) is 5.75 Å². The SMILES string of the molecule is CC(=O)c1ccc(Oc2ccc(S(=O)(=O)C(F)(F)F)cc2[N+](=O)[O-])c(Cl)c1. The highest BCUT2D eigenvalue weighted by molar-refractivity contribution is 7.92. The Morgan fingerprint density at radius 2 is 1.74 bits per heavy atom. The summed E-state index contributed by atoms with van der Waals surface area (Å²) in [6.07, 6.45) is 0. The molecule has 144 valence electrons. The lowest BCUT2D eigenvalue weighted by Crippen LogP contribution is -2.23. The van der Waals surface area contributed by atoms with Crippen LogP contribution < -0.4 is 4.74 Å². The molecule has 0 saturated heterocycles. The van der Waals surface area contributed by atoms with Crippen LogP contribution in [0, 0.1) is 10.1 Å². The van der Waals surface area contributed by atoms with E-state index in [4.69, 9.17) is 16.3 Å². The van der Waals surface area contributed by atoms with Gasteiger partial charge in [0.1, 0.15) is 5.75 Å². The van der Waals surface area contributed by atoms with Crippen LogP contribution in [0.3, 0.4) is 0 Å². The molecule has 7 nitrogen and oxygen atoms in total. The zero-order valence-electron chi connectivity index (χ0n) is 13.3. The van der Waals surface area contributed by atoms with Crippen molar-refractivity contribution in [3.05, 3.63) is 57.1 Å². The number of nitro benzene ring substituents is 1. The summed E-state index contributed by atoms with van der Waals surface area (Å²) in [7, 11) is -5.77. The second-order valence-corrected chi connectivity index (χ2v) is 7.49. The summed E-state index contributed by atoms with van der Waals surface area (Å²) in [5.41, 5.74) is -6.38. The molecule has 0 aromatic heterocycles. The molecule has 0 fully saturated rings. The predicted octanol–water partition coefficient (Wildman–Crippen LogP) is 4.54. The maximum absolute atomic E-state index is 12.6. The summed E-state index contributed by atoms with van der Waals surface area (Å²) in [5, 5.41) is 11.1. The van der Waals surface area contributed by atoms with Gasteiger partial charge in [0.25, 0.3) is 9.84 Å². The van der Waals surface area contributed by atoms with Gasteiger partial charge in [-0.25, -0.2) is 8.42 Å². The third-order valence-electron chi connectivity index (χ3n) is 3.30. The number of ether oxygens (including phenoxy) is 1. The van der Waals surface area contributed by atoms with E-state index in [1.165, 1.54) is 25.1 Å². The minimum Gasteiger partial charge on any atom is -0.449 e. The van der Waals surface area contributed by atoms with Crippen molar-refractivity contribution in [1.29, 1.82) is 0 Å². The van der Waals surface area contributed by atoms with Crippen molar-refractivity contribution in [3.63, 3.8) is 0 Å². The first-order valence-electron chi connectivity index (χ1n) is 6.92. The quantitative estimate of drug-likeness (QED) is 0.397. The lowest BCUT2D eigenvalue weighted by molar-refractivity contribution is -0.385. The van der Waals surface area contributed by atoms with Gasteiger partial charge in [-0.05, 0) is 37.3 Å². The van der Waals surface area contributed by atoms with Crippen LogP contribution in [0.25, 0.3) is 0 Å². The molecule has 0 aliphatic rings. The molecule has 0 aliphatic heterocycles. The van der Waals surface area contributed by atoms with Gasteiger partial charge in [0.05, 0.1) is 14.8 Å². The molecule has 0 bridgehead atoms. The van der Waals surface area contributed by atoms with Gasteiger partial charge in [-0.2, -0.15) is 13.2 Å². The van der Waals surface area contributed by atoms with E-state index in [9.17, 15) is 36.5 Å². The summed E-state index contributed by atoms with van der Waals surface area (Å²) < 4.78 is 65.9. The number of benzene rings is 2. The molecule has 2 aromatic rings. The maximum Gasteiger partial charge on any atom is 0.501 e. The van der Waals surface area contributed by atoms with E-state index in [-0.39, 0.29) is 28.2 Å². The Hall–Kier alpha value is -2.66. The first-order chi connectivity index (χ1) is 12.3. The molecule has 27 heavy (non-hydrogen) atoms. The number of alkyl halides is 3. The van der Waals surface area contributed by atoms with E-state index < -0.39 is 36.6 Å². The van der Waals surface area contributed by atoms with Crippen molar-refractivity contribution < 1.29 is 36.0 Å². The van der Waals surface area contributed by atoms with E-state index in [0.717, 1.165) is 0 Å². The summed E-state index contributed by atoms with van der Waals surface area (Å²) in [6.45, 7) is 1.29. The lowest BCUT2D eigenvalue weighted by Gasteiger charge is -2.11. The van der Waals surface area contributed by atoms with Crippen LogP contribution in [0.4, 0.5) is 18.9 Å². The normalized spacial score (nSPS) is 11.9. The Bertz CT molecular complexity index is 1040. The van der Waals surface area contributed by atoms with Gasteiger partial charge >= 0.3 is 11.2 Å². The standard InChI is InChI=1S/C15H9ClF3NO6S/c1-8(21)9-2-4-13(11(16)6-9)26-14-5-3-10(7-12(14)20(22)23)27(24,25)15(17,18)19/h2-7H,1H3. The molecule has 0 aliphatic carbocycles. The number of hydrogen-bond acceptors (Lipinski definition) is 6. The maximum atomic E-state index is 12.6. The fourth-order valence-corrected chi connectivity index (χ4v) is 2.95. The molecule has 0 heterocycles. The molecular formula is C15H9ClF3NO6S. The van der Waals surface area contributed by atoms with Crippen molar-refractivity contribution >= 4 is 32.9 Å². The molecule has 0 unspecified atom stereocenters. The number of nitro groups is 1. The molecule has 0 saturated carbocycles. The second-order valence-electron chi connectivity index (χ2n) is 5.14. The van der Waals surface area contributed by atoms with Crippen molar-refractivity contribution in [2.75, 3.05) is 0 Å². The first kappa shape index (κ1) is 20.6. The van der Waals surface area contributed by atoms with Gasteiger partial charge in [-0.1, -0.05) is 11.6 Å². The third-order valence-corrected chi connectivity index (χ3v) is 5.08. The fraction of sp³-hybridized carbons (Fsp3) is 0.133. The number of carbonyl (C=O) groups is 1. The number of rotatable bonds is 5. The van der Waals surface area contributed by atoms with Gasteiger partial charge in [0, 0.05) is 11.6 Å². The van der Waals surface area contributed by atoms with Crippen LogP contribution in [0.15, 0.2) is 41.3 Å². The number of nitrogens with zero attached hydrogens (tertiary/aromatic N) is 1. The average Bonchev–Trinajstić information content (AvgIpc) is 2.55. The molecule has 0 N–H and O–H groups in total. The van der Waals surface area contributed by atoms with Crippen LogP contribution in [0.5, 0.6) is 11.5 Å². The molecule has 0 spiro atoms. The highest BCUT2D eigenvalue weighted by Crippen LogP contribution is 2.39. The second kappa shape index (κ2) is 7.16. The van der Waals surface area contributed by atoms with Gasteiger partial charge < -0.3 is 4.74 Å². The van der Waals surface area contributed by atoms with Crippen LogP contribution >= 0.6 is 11.6 Å². The average molecular weight is 424 g/mol. The van der Waals surface area contributed by atoms with Crippen LogP contribution in [0.1, 0.15) is 17.3 Å². The van der Waals surface area contributed by atoms with Crippen molar-refractivity contribution in [2.24, 2.45) is 0 Å². The molecule has 12 heteroatoms. The largest absolute Gasteiger partial charge is 0.501 e. The zero-order valence-corrected chi connectivity index (χ0v) is 14.9. The predicted molar refractivity (Wildman–Crippen MR) is 87.9 cm³/mol. The van der Waals surface area contributed by atoms with Gasteiger partial charge in [0.15, 0.2) is 5.78 Å². The van der Waals surface area contributed by atoms with Crippen molar-refractivity contribution in [3.8, 4) is 11.5 Å². The van der Waals surface area contributed by atoms with Gasteiger partial charge in [-0.15, -0.1) is 0 Å². The van der Waals surface area contributed by atoms with Gasteiger partial charge in [-0.3, -0.25) is 14.9 Å². The number of carbonyl (C=O) groups excluding carboxylic acids is 1. The Morgan fingerprint density at radius 3 is 2.22 bits per heavy atom. The molecule has 0 amide bonds. The molecule has 0 radical (unpaired) electrons. The van der Waals surface area contributed by atoms with Crippen LogP contribution in [-0.4, -0.2) is 24.6 Å². The van der Waals surface area contributed by atoms with Crippen molar-refractivity contribution in [2.45, 2.75) is 17.3 Å². The number of halogens is 4. The molecular weight excluding hydrogens is 415 g/mol. The number of Topliss-reactive ketones (excluding diaryl/α,β-unsaturated/α-hetero) is 1. The Labute approximate surface area is 155 Å². The Morgan fingerprint density at radius 1 is 1.15 bits per heavy atom. The Balaban J connectivity index is 2.50. The summed E-state index contributed by atoms with van der Waals surface area (Å²) in [6, 6.07) is 5.31. The lowest BCUT2D eigenvalue weighted by atomic mass is 10.1. The topological polar surface area (TPSA) is 104 Å². The minimum absolute atomic E-state index is 0.0796. The summed E-state index contributed by atoms with van der Waals surface area (Å²) >= 11 is 5.93. The van der Waals surface area contributed by atoms with E-state index in [0.29, 0.717) is 12.1 Å². The number of sulfone groups is 1. The van der Waals surface area contributed by atoms with E-state index in [1.807, 2.05) is 0 Å². The Kier molecular flexibility index (Phi) is 5.47. The number of ketones is 1. The van der Waals surface area contributed by atoms with Crippen LogP contribution in [-0.2, 0) is 9.84 Å². The summed E-state index contributed by atoms with van der Waals surface area (Å²) in [4.78, 5) is 20.0. The van der Waals surface area contributed by atoms with E-state index in [2.05, 4.69) is 0 Å². The minimum atomic E-state index is -5.77. The molecule has 2 aromatic carbocycles. The fourth-order valence-electron chi connectivity index (χ4n) is 1.95. The smallest absolute Gasteiger partial charge is 0.449 e. The monoisotopic (exact) mass is 423 g/mol. The zero-order chi connectivity index (χ0) is 20.6. The van der Waals surface area contributed by atoms with Crippen molar-refractivity contribution in [1.82, 2.24) is 0 Å². The van der Waals surface area contributed by atoms with E-state index >= 15 is 0 Å². The van der Waals surface area contributed by atoms with E-state index in [1.54, 1.807) is 0 Å². The summed E-state index contributed by atoms with van der Waals surface area (Å²) in [5.74, 6) is -0.939. The molecule has 2 rings (SSSR count). The number of hydrogen-bond donors (Lipinski definition) is 0.